The van der Waals surface area contributed by atoms with E-state index in [9.17, 15) is 4.79 Å². The van der Waals surface area contributed by atoms with E-state index in [1.807, 2.05) is 37.4 Å². The minimum atomic E-state index is -0.808. The molecule has 1 unspecified atom stereocenters. The van der Waals surface area contributed by atoms with E-state index in [2.05, 4.69) is 46.4 Å². The highest BCUT2D eigenvalue weighted by Gasteiger charge is 2.30. The molecule has 2 atom stereocenters. The standard InChI is InChI=1S/C27H29N3O4/c1-3-11-30(20-9-7-17(2)28-14-20)24-6-4-5-22-23(16-34-27(22)24)29-19-8-10-21-18(12-26(31)32)15-33-25(21)13-19/h4-10,13-14,18,23,29H,3,11-12,15-16H2,1-2H3,(H,31,32)/t18-,23?/m1/s1. The van der Waals surface area contributed by atoms with Crippen LogP contribution in [0.1, 0.15) is 48.5 Å². The summed E-state index contributed by atoms with van der Waals surface area (Å²) in [7, 11) is 0. The molecule has 7 nitrogen and oxygen atoms in total. The van der Waals surface area contributed by atoms with Crippen LogP contribution in [-0.4, -0.2) is 35.8 Å². The van der Waals surface area contributed by atoms with Crippen LogP contribution in [0.3, 0.4) is 0 Å². The summed E-state index contributed by atoms with van der Waals surface area (Å²) in [6.07, 6.45) is 2.99. The van der Waals surface area contributed by atoms with Gasteiger partial charge in [-0.05, 0) is 37.6 Å². The molecule has 0 amide bonds. The lowest BCUT2D eigenvalue weighted by molar-refractivity contribution is -0.137. The molecule has 2 aliphatic heterocycles. The molecule has 34 heavy (non-hydrogen) atoms. The predicted octanol–water partition coefficient (Wildman–Crippen LogP) is 5.43. The average Bonchev–Trinajstić information content (AvgIpc) is 3.42. The highest BCUT2D eigenvalue weighted by molar-refractivity contribution is 5.73. The van der Waals surface area contributed by atoms with E-state index in [4.69, 9.17) is 14.6 Å². The van der Waals surface area contributed by atoms with Gasteiger partial charge in [0, 0.05) is 41.0 Å². The quantitative estimate of drug-likeness (QED) is 0.464. The molecule has 2 N–H and O–H groups in total. The Morgan fingerprint density at radius 1 is 1.15 bits per heavy atom. The zero-order valence-corrected chi connectivity index (χ0v) is 19.5. The second kappa shape index (κ2) is 9.25. The van der Waals surface area contributed by atoms with E-state index < -0.39 is 5.97 Å². The van der Waals surface area contributed by atoms with Crippen molar-refractivity contribution in [3.63, 3.8) is 0 Å². The van der Waals surface area contributed by atoms with Gasteiger partial charge in [0.15, 0.2) is 0 Å². The van der Waals surface area contributed by atoms with Crippen LogP contribution in [0.4, 0.5) is 17.1 Å². The number of carbonyl (C=O) groups is 1. The Kier molecular flexibility index (Phi) is 6.01. The highest BCUT2D eigenvalue weighted by atomic mass is 16.5. The van der Waals surface area contributed by atoms with Crippen molar-refractivity contribution < 1.29 is 19.4 Å². The van der Waals surface area contributed by atoms with Gasteiger partial charge in [0.1, 0.15) is 18.1 Å². The maximum Gasteiger partial charge on any atom is 0.304 e. The molecule has 0 radical (unpaired) electrons. The van der Waals surface area contributed by atoms with Gasteiger partial charge in [-0.1, -0.05) is 25.1 Å². The summed E-state index contributed by atoms with van der Waals surface area (Å²) in [5.41, 5.74) is 6.08. The van der Waals surface area contributed by atoms with Gasteiger partial charge in [0.2, 0.25) is 0 Å². The normalized spacial score (nSPS) is 17.9. The van der Waals surface area contributed by atoms with Gasteiger partial charge in [-0.3, -0.25) is 9.78 Å². The number of hydrogen-bond acceptors (Lipinski definition) is 6. The molecule has 7 heteroatoms. The number of aliphatic carboxylic acids is 1. The largest absolute Gasteiger partial charge is 0.493 e. The number of anilines is 3. The molecule has 0 fully saturated rings. The summed E-state index contributed by atoms with van der Waals surface area (Å²) in [5, 5.41) is 12.7. The summed E-state index contributed by atoms with van der Waals surface area (Å²) >= 11 is 0. The molecule has 0 saturated carbocycles. The van der Waals surface area contributed by atoms with Crippen molar-refractivity contribution in [3.8, 4) is 11.5 Å². The maximum atomic E-state index is 11.1. The van der Waals surface area contributed by atoms with E-state index in [0.29, 0.717) is 13.2 Å². The van der Waals surface area contributed by atoms with Crippen LogP contribution in [0.25, 0.3) is 0 Å². The molecule has 0 bridgehead atoms. The molecule has 0 aliphatic carbocycles. The number of fused-ring (bicyclic) bond motifs is 2. The highest BCUT2D eigenvalue weighted by Crippen LogP contribution is 2.44. The fourth-order valence-corrected chi connectivity index (χ4v) is 4.74. The van der Waals surface area contributed by atoms with Gasteiger partial charge >= 0.3 is 5.97 Å². The third kappa shape index (κ3) is 4.25. The summed E-state index contributed by atoms with van der Waals surface area (Å²) in [6, 6.07) is 16.3. The second-order valence-electron chi connectivity index (χ2n) is 8.87. The Hall–Kier alpha value is -3.74. The SMILES string of the molecule is CCCN(c1ccc(C)nc1)c1cccc2c1OCC2Nc1ccc2c(c1)OC[C@H]2CC(=O)O. The lowest BCUT2D eigenvalue weighted by Crippen LogP contribution is -2.18. The van der Waals surface area contributed by atoms with Gasteiger partial charge in [-0.15, -0.1) is 0 Å². The molecule has 2 aromatic carbocycles. The molecular weight excluding hydrogens is 430 g/mol. The van der Waals surface area contributed by atoms with Gasteiger partial charge in [0.05, 0.1) is 36.6 Å². The summed E-state index contributed by atoms with van der Waals surface area (Å²) in [5.74, 6) is 0.747. The van der Waals surface area contributed by atoms with Crippen molar-refractivity contribution >= 4 is 23.0 Å². The summed E-state index contributed by atoms with van der Waals surface area (Å²) in [6.45, 7) is 5.95. The number of hydrogen-bond donors (Lipinski definition) is 2. The number of nitrogens with one attached hydrogen (secondary N) is 1. The lowest BCUT2D eigenvalue weighted by atomic mass is 9.97. The number of nitrogens with zero attached hydrogens (tertiary/aromatic N) is 2. The molecule has 2 aliphatic rings. The van der Waals surface area contributed by atoms with Gasteiger partial charge in [-0.25, -0.2) is 0 Å². The van der Waals surface area contributed by atoms with Crippen LogP contribution in [0, 0.1) is 6.92 Å². The summed E-state index contributed by atoms with van der Waals surface area (Å²) < 4.78 is 12.0. The minimum Gasteiger partial charge on any atom is -0.493 e. The monoisotopic (exact) mass is 459 g/mol. The number of carboxylic acid groups (broad SMARTS) is 1. The first-order chi connectivity index (χ1) is 16.5. The number of para-hydroxylation sites is 1. The number of aromatic nitrogens is 1. The van der Waals surface area contributed by atoms with Crippen molar-refractivity contribution in [1.82, 2.24) is 4.98 Å². The molecule has 3 aromatic rings. The number of pyridine rings is 1. The van der Waals surface area contributed by atoms with E-state index in [1.165, 1.54) is 0 Å². The third-order valence-electron chi connectivity index (χ3n) is 6.40. The molecular formula is C27H29N3O4. The number of aryl methyl sites for hydroxylation is 1. The average molecular weight is 460 g/mol. The van der Waals surface area contributed by atoms with E-state index in [0.717, 1.165) is 58.3 Å². The van der Waals surface area contributed by atoms with Crippen LogP contribution in [-0.2, 0) is 4.79 Å². The second-order valence-corrected chi connectivity index (χ2v) is 8.87. The molecule has 0 saturated heterocycles. The van der Waals surface area contributed by atoms with Crippen LogP contribution >= 0.6 is 0 Å². The van der Waals surface area contributed by atoms with Crippen molar-refractivity contribution in [2.75, 3.05) is 30.0 Å². The molecule has 5 rings (SSSR count). The van der Waals surface area contributed by atoms with Gasteiger partial charge < -0.3 is 24.8 Å². The molecule has 176 valence electrons. The van der Waals surface area contributed by atoms with E-state index in [1.54, 1.807) is 0 Å². The number of rotatable bonds is 8. The first-order valence-electron chi connectivity index (χ1n) is 11.7. The molecule has 3 heterocycles. The van der Waals surface area contributed by atoms with Crippen molar-refractivity contribution in [2.24, 2.45) is 0 Å². The van der Waals surface area contributed by atoms with Gasteiger partial charge in [-0.2, -0.15) is 0 Å². The fraction of sp³-hybridized carbons (Fsp3) is 0.333. The maximum absolute atomic E-state index is 11.1. The van der Waals surface area contributed by atoms with E-state index in [-0.39, 0.29) is 18.4 Å². The Labute approximate surface area is 199 Å². The smallest absolute Gasteiger partial charge is 0.304 e. The first kappa shape index (κ1) is 22.1. The topological polar surface area (TPSA) is 83.9 Å². The lowest BCUT2D eigenvalue weighted by Gasteiger charge is -2.26. The summed E-state index contributed by atoms with van der Waals surface area (Å²) in [4.78, 5) is 17.9. The van der Waals surface area contributed by atoms with Crippen LogP contribution in [0.5, 0.6) is 11.5 Å². The number of ether oxygens (including phenoxy) is 2. The van der Waals surface area contributed by atoms with Gasteiger partial charge in [0.25, 0.3) is 0 Å². The first-order valence-corrected chi connectivity index (χ1v) is 11.7. The fourth-order valence-electron chi connectivity index (χ4n) is 4.74. The van der Waals surface area contributed by atoms with Crippen LogP contribution < -0.4 is 19.7 Å². The number of benzene rings is 2. The Bertz CT molecular complexity index is 1190. The zero-order chi connectivity index (χ0) is 23.7. The zero-order valence-electron chi connectivity index (χ0n) is 19.5. The van der Waals surface area contributed by atoms with Crippen molar-refractivity contribution in [1.29, 1.82) is 0 Å². The van der Waals surface area contributed by atoms with Crippen molar-refractivity contribution in [2.45, 2.75) is 38.6 Å². The van der Waals surface area contributed by atoms with Crippen molar-refractivity contribution in [3.05, 3.63) is 71.5 Å². The Morgan fingerprint density at radius 3 is 2.79 bits per heavy atom. The Morgan fingerprint density at radius 2 is 2.03 bits per heavy atom. The number of carboxylic acids is 1. The van der Waals surface area contributed by atoms with Crippen LogP contribution in [0.2, 0.25) is 0 Å². The Balaban J connectivity index is 1.39. The van der Waals surface area contributed by atoms with E-state index >= 15 is 0 Å². The van der Waals surface area contributed by atoms with Crippen LogP contribution in [0.15, 0.2) is 54.7 Å². The molecule has 0 spiro atoms. The minimum absolute atomic E-state index is 0.00355. The molecule has 1 aromatic heterocycles. The third-order valence-corrected chi connectivity index (χ3v) is 6.40. The predicted molar refractivity (Wildman–Crippen MR) is 132 cm³/mol.